The highest BCUT2D eigenvalue weighted by Gasteiger charge is 2.43. The van der Waals surface area contributed by atoms with Gasteiger partial charge in [-0.1, -0.05) is 0 Å². The molecule has 1 aliphatic carbocycles. The largest absolute Gasteiger partial charge is 0.394 e. The summed E-state index contributed by atoms with van der Waals surface area (Å²) in [5.41, 5.74) is 5.91. The highest BCUT2D eigenvalue weighted by atomic mass is 16.5. The quantitative estimate of drug-likeness (QED) is 0.705. The second-order valence-electron chi connectivity index (χ2n) is 5.40. The minimum atomic E-state index is -0.379. The van der Waals surface area contributed by atoms with Gasteiger partial charge >= 0.3 is 0 Å². The molecule has 0 radical (unpaired) electrons. The van der Waals surface area contributed by atoms with E-state index >= 15 is 0 Å². The van der Waals surface area contributed by atoms with Crippen LogP contribution in [0.25, 0.3) is 0 Å². The number of nitrogens with zero attached hydrogens (tertiary/aromatic N) is 1. The van der Waals surface area contributed by atoms with Crippen molar-refractivity contribution in [3.63, 3.8) is 0 Å². The minimum absolute atomic E-state index is 0.103. The molecular weight excluding hydrogens is 204 g/mol. The van der Waals surface area contributed by atoms with Crippen molar-refractivity contribution in [2.45, 2.75) is 37.3 Å². The summed E-state index contributed by atoms with van der Waals surface area (Å²) in [5.74, 6) is 0.528. The van der Waals surface area contributed by atoms with E-state index in [-0.39, 0.29) is 12.1 Å². The lowest BCUT2D eigenvalue weighted by molar-refractivity contribution is 0.0152. The van der Waals surface area contributed by atoms with Crippen LogP contribution >= 0.6 is 0 Å². The number of methoxy groups -OCH3 is 1. The van der Waals surface area contributed by atoms with Gasteiger partial charge in [0.1, 0.15) is 0 Å². The van der Waals surface area contributed by atoms with Gasteiger partial charge in [0, 0.05) is 20.2 Å². The van der Waals surface area contributed by atoms with Gasteiger partial charge in [0.2, 0.25) is 0 Å². The van der Waals surface area contributed by atoms with Crippen molar-refractivity contribution in [2.75, 3.05) is 33.4 Å². The predicted octanol–water partition coefficient (Wildman–Crippen LogP) is 0.197. The van der Waals surface area contributed by atoms with Gasteiger partial charge < -0.3 is 15.6 Å². The van der Waals surface area contributed by atoms with Gasteiger partial charge in [0.05, 0.1) is 18.2 Å². The standard InChI is InChI=1S/C12H24N2O2/c1-16-11-3-2-6-14(7-11)8-12(13,9-15)10-4-5-10/h10-11,15H,2-9,13H2,1H3. The molecule has 1 aliphatic heterocycles. The Hall–Kier alpha value is -0.160. The average Bonchev–Trinajstić information content (AvgIpc) is 3.13. The Morgan fingerprint density at radius 3 is 2.75 bits per heavy atom. The van der Waals surface area contributed by atoms with Gasteiger partial charge in [-0.25, -0.2) is 0 Å². The van der Waals surface area contributed by atoms with Crippen molar-refractivity contribution >= 4 is 0 Å². The van der Waals surface area contributed by atoms with E-state index in [0.29, 0.717) is 12.0 Å². The molecule has 1 heterocycles. The molecular formula is C12H24N2O2. The molecule has 2 fully saturated rings. The molecule has 1 saturated heterocycles. The first kappa shape index (κ1) is 12.3. The van der Waals surface area contributed by atoms with E-state index in [1.807, 2.05) is 0 Å². The molecule has 0 aromatic heterocycles. The summed E-state index contributed by atoms with van der Waals surface area (Å²) in [5, 5.41) is 9.47. The summed E-state index contributed by atoms with van der Waals surface area (Å²) in [6.45, 7) is 2.97. The molecule has 0 spiro atoms. The Balaban J connectivity index is 1.87. The second-order valence-corrected chi connectivity index (χ2v) is 5.40. The van der Waals surface area contributed by atoms with Crippen molar-refractivity contribution in [3.05, 3.63) is 0 Å². The van der Waals surface area contributed by atoms with Crippen LogP contribution in [0.2, 0.25) is 0 Å². The van der Waals surface area contributed by atoms with Gasteiger partial charge in [-0.2, -0.15) is 0 Å². The Morgan fingerprint density at radius 2 is 2.19 bits per heavy atom. The number of likely N-dealkylation sites (tertiary alicyclic amines) is 1. The van der Waals surface area contributed by atoms with Crippen LogP contribution in [0.5, 0.6) is 0 Å². The topological polar surface area (TPSA) is 58.7 Å². The van der Waals surface area contributed by atoms with Crippen LogP contribution in [0.4, 0.5) is 0 Å². The number of nitrogens with two attached hydrogens (primary N) is 1. The van der Waals surface area contributed by atoms with Crippen molar-refractivity contribution in [3.8, 4) is 0 Å². The van der Waals surface area contributed by atoms with E-state index in [1.54, 1.807) is 7.11 Å². The summed E-state index contributed by atoms with van der Waals surface area (Å²) in [6, 6.07) is 0. The average molecular weight is 228 g/mol. The maximum atomic E-state index is 9.47. The van der Waals surface area contributed by atoms with Crippen LogP contribution in [-0.4, -0.2) is 55.0 Å². The zero-order chi connectivity index (χ0) is 11.6. The molecule has 0 bridgehead atoms. The fourth-order valence-electron chi connectivity index (χ4n) is 2.73. The molecule has 3 N–H and O–H groups in total. The zero-order valence-corrected chi connectivity index (χ0v) is 10.2. The number of piperidine rings is 1. The lowest BCUT2D eigenvalue weighted by atomic mass is 9.93. The Morgan fingerprint density at radius 1 is 1.44 bits per heavy atom. The monoisotopic (exact) mass is 228 g/mol. The fraction of sp³-hybridized carbons (Fsp3) is 1.00. The fourth-order valence-corrected chi connectivity index (χ4v) is 2.73. The van der Waals surface area contributed by atoms with E-state index in [1.165, 1.54) is 19.3 Å². The summed E-state index contributed by atoms with van der Waals surface area (Å²) >= 11 is 0. The molecule has 0 aromatic carbocycles. The maximum Gasteiger partial charge on any atom is 0.0698 e. The zero-order valence-electron chi connectivity index (χ0n) is 10.2. The SMILES string of the molecule is COC1CCCN(CC(N)(CO)C2CC2)C1. The predicted molar refractivity (Wildman–Crippen MR) is 63.2 cm³/mol. The number of ether oxygens (including phenoxy) is 1. The normalized spacial score (nSPS) is 31.3. The van der Waals surface area contributed by atoms with Gasteiger partial charge in [-0.05, 0) is 38.1 Å². The molecule has 4 nitrogen and oxygen atoms in total. The molecule has 2 rings (SSSR count). The first-order valence-corrected chi connectivity index (χ1v) is 6.33. The Labute approximate surface area is 97.7 Å². The van der Waals surface area contributed by atoms with Crippen molar-refractivity contribution in [1.29, 1.82) is 0 Å². The number of rotatable bonds is 5. The van der Waals surface area contributed by atoms with Crippen LogP contribution in [0.1, 0.15) is 25.7 Å². The van der Waals surface area contributed by atoms with Crippen molar-refractivity contribution in [2.24, 2.45) is 11.7 Å². The van der Waals surface area contributed by atoms with Crippen LogP contribution in [0, 0.1) is 5.92 Å². The molecule has 0 aromatic rings. The smallest absolute Gasteiger partial charge is 0.0698 e. The third kappa shape index (κ3) is 2.74. The Bertz CT molecular complexity index is 233. The van der Waals surface area contributed by atoms with Gasteiger partial charge in [-0.3, -0.25) is 4.90 Å². The van der Waals surface area contributed by atoms with Crippen molar-refractivity contribution < 1.29 is 9.84 Å². The molecule has 1 saturated carbocycles. The van der Waals surface area contributed by atoms with Crippen LogP contribution in [0.3, 0.4) is 0 Å². The summed E-state index contributed by atoms with van der Waals surface area (Å²) in [6.07, 6.45) is 5.02. The number of hydrogen-bond acceptors (Lipinski definition) is 4. The first-order valence-electron chi connectivity index (χ1n) is 6.33. The third-order valence-corrected chi connectivity index (χ3v) is 4.00. The van der Waals surface area contributed by atoms with E-state index in [0.717, 1.165) is 26.1 Å². The molecule has 4 heteroatoms. The third-order valence-electron chi connectivity index (χ3n) is 4.00. The minimum Gasteiger partial charge on any atom is -0.394 e. The lowest BCUT2D eigenvalue weighted by Crippen LogP contribution is -2.57. The first-order chi connectivity index (χ1) is 7.68. The van der Waals surface area contributed by atoms with Gasteiger partial charge in [0.15, 0.2) is 0 Å². The molecule has 16 heavy (non-hydrogen) atoms. The molecule has 0 amide bonds. The van der Waals surface area contributed by atoms with E-state index in [9.17, 15) is 5.11 Å². The van der Waals surface area contributed by atoms with Gasteiger partial charge in [-0.15, -0.1) is 0 Å². The molecule has 94 valence electrons. The van der Waals surface area contributed by atoms with E-state index in [2.05, 4.69) is 4.90 Å². The Kier molecular flexibility index (Phi) is 3.85. The van der Waals surface area contributed by atoms with Gasteiger partial charge in [0.25, 0.3) is 0 Å². The summed E-state index contributed by atoms with van der Waals surface area (Å²) in [4.78, 5) is 2.35. The number of aliphatic hydroxyl groups excluding tert-OH is 1. The van der Waals surface area contributed by atoms with Crippen LogP contribution in [-0.2, 0) is 4.74 Å². The second kappa shape index (κ2) is 5.00. The summed E-state index contributed by atoms with van der Waals surface area (Å²) < 4.78 is 5.40. The molecule has 2 atom stereocenters. The van der Waals surface area contributed by atoms with Crippen LogP contribution < -0.4 is 5.73 Å². The lowest BCUT2D eigenvalue weighted by Gasteiger charge is -2.38. The molecule has 2 aliphatic rings. The van der Waals surface area contributed by atoms with Crippen LogP contribution in [0.15, 0.2) is 0 Å². The number of aliphatic hydroxyl groups is 1. The van der Waals surface area contributed by atoms with Crippen molar-refractivity contribution in [1.82, 2.24) is 4.90 Å². The van der Waals surface area contributed by atoms with E-state index in [4.69, 9.17) is 10.5 Å². The van der Waals surface area contributed by atoms with E-state index < -0.39 is 0 Å². The maximum absolute atomic E-state index is 9.47. The molecule has 2 unspecified atom stereocenters. The highest BCUT2D eigenvalue weighted by molar-refractivity contribution is 5.00. The highest BCUT2D eigenvalue weighted by Crippen LogP contribution is 2.38. The summed E-state index contributed by atoms with van der Waals surface area (Å²) in [7, 11) is 1.77. The number of hydrogen-bond donors (Lipinski definition) is 2.